The molecule has 0 atom stereocenters. The zero-order valence-corrected chi connectivity index (χ0v) is 10.9. The molecular weight excluding hydrogens is 256 g/mol. The van der Waals surface area contributed by atoms with Gasteiger partial charge in [-0.2, -0.15) is 5.26 Å². The molecule has 1 aromatic carbocycles. The van der Waals surface area contributed by atoms with E-state index in [0.29, 0.717) is 16.6 Å². The van der Waals surface area contributed by atoms with Gasteiger partial charge in [-0.15, -0.1) is 0 Å². The highest BCUT2D eigenvalue weighted by Crippen LogP contribution is 2.25. The zero-order valence-electron chi connectivity index (χ0n) is 9.28. The van der Waals surface area contributed by atoms with Gasteiger partial charge in [-0.1, -0.05) is 17.7 Å². The van der Waals surface area contributed by atoms with Gasteiger partial charge in [0.15, 0.2) is 0 Å². The van der Waals surface area contributed by atoms with Gasteiger partial charge in [0.1, 0.15) is 6.07 Å². The quantitative estimate of drug-likeness (QED) is 0.897. The minimum Gasteiger partial charge on any atom is -0.381 e. The number of rotatable bonds is 2. The Bertz CT molecular complexity index is 474. The van der Waals surface area contributed by atoms with Gasteiger partial charge in [0.25, 0.3) is 0 Å². The molecule has 1 N–H and O–H groups in total. The summed E-state index contributed by atoms with van der Waals surface area (Å²) in [5.41, 5.74) is 1.26. The largest absolute Gasteiger partial charge is 0.381 e. The molecular formula is C12H13ClN2OS. The molecule has 5 heteroatoms. The maximum absolute atomic E-state index is 11.2. The van der Waals surface area contributed by atoms with Crippen molar-refractivity contribution >= 4 is 28.1 Å². The number of benzene rings is 1. The lowest BCUT2D eigenvalue weighted by Crippen LogP contribution is -2.29. The van der Waals surface area contributed by atoms with Crippen LogP contribution in [0.2, 0.25) is 5.02 Å². The molecule has 0 spiro atoms. The first-order chi connectivity index (χ1) is 8.20. The second kappa shape index (κ2) is 5.52. The first-order valence-corrected chi connectivity index (χ1v) is 7.37. The lowest BCUT2D eigenvalue weighted by molar-refractivity contribution is 0.624. The third-order valence-corrected chi connectivity index (χ3v) is 4.57. The zero-order chi connectivity index (χ0) is 12.3. The minimum absolute atomic E-state index is 0.290. The predicted octanol–water partition coefficient (Wildman–Crippen LogP) is 2.53. The SMILES string of the molecule is N#Cc1c(Cl)cccc1NC1CCS(=O)CC1. The van der Waals surface area contributed by atoms with Gasteiger partial charge in [0.2, 0.25) is 0 Å². The van der Waals surface area contributed by atoms with E-state index in [1.807, 2.05) is 12.1 Å². The average Bonchev–Trinajstić information content (AvgIpc) is 2.32. The maximum Gasteiger partial charge on any atom is 0.103 e. The Kier molecular flexibility index (Phi) is 4.03. The van der Waals surface area contributed by atoms with Crippen LogP contribution in [0.5, 0.6) is 0 Å². The predicted molar refractivity (Wildman–Crippen MR) is 70.7 cm³/mol. The van der Waals surface area contributed by atoms with E-state index in [4.69, 9.17) is 16.9 Å². The molecule has 0 aromatic heterocycles. The number of hydrogen-bond donors (Lipinski definition) is 1. The van der Waals surface area contributed by atoms with Crippen molar-refractivity contribution < 1.29 is 4.21 Å². The van der Waals surface area contributed by atoms with Crippen LogP contribution < -0.4 is 5.32 Å². The summed E-state index contributed by atoms with van der Waals surface area (Å²) in [4.78, 5) is 0. The number of nitrogens with zero attached hydrogens (tertiary/aromatic N) is 1. The van der Waals surface area contributed by atoms with Crippen LogP contribution in [0.3, 0.4) is 0 Å². The van der Waals surface area contributed by atoms with Gasteiger partial charge in [-0.25, -0.2) is 0 Å². The number of halogens is 1. The summed E-state index contributed by atoms with van der Waals surface area (Å²) >= 11 is 5.96. The fraction of sp³-hybridized carbons (Fsp3) is 0.417. The first-order valence-electron chi connectivity index (χ1n) is 5.51. The molecule has 3 nitrogen and oxygen atoms in total. The van der Waals surface area contributed by atoms with E-state index < -0.39 is 10.8 Å². The highest BCUT2D eigenvalue weighted by molar-refractivity contribution is 7.85. The van der Waals surface area contributed by atoms with Gasteiger partial charge >= 0.3 is 0 Å². The van der Waals surface area contributed by atoms with E-state index in [9.17, 15) is 4.21 Å². The summed E-state index contributed by atoms with van der Waals surface area (Å²) < 4.78 is 11.2. The van der Waals surface area contributed by atoms with Crippen molar-refractivity contribution in [2.75, 3.05) is 16.8 Å². The maximum atomic E-state index is 11.2. The van der Waals surface area contributed by atoms with Crippen molar-refractivity contribution in [2.45, 2.75) is 18.9 Å². The lowest BCUT2D eigenvalue weighted by Gasteiger charge is -2.24. The van der Waals surface area contributed by atoms with Crippen molar-refractivity contribution in [3.63, 3.8) is 0 Å². The minimum atomic E-state index is -0.661. The summed E-state index contributed by atoms with van der Waals surface area (Å²) in [7, 11) is -0.661. The van der Waals surface area contributed by atoms with Crippen LogP contribution in [-0.4, -0.2) is 21.8 Å². The van der Waals surface area contributed by atoms with Crippen molar-refractivity contribution in [1.29, 1.82) is 5.26 Å². The molecule has 2 rings (SSSR count). The number of hydrogen-bond acceptors (Lipinski definition) is 3. The topological polar surface area (TPSA) is 52.9 Å². The van der Waals surface area contributed by atoms with Crippen LogP contribution >= 0.6 is 11.6 Å². The highest BCUT2D eigenvalue weighted by atomic mass is 35.5. The monoisotopic (exact) mass is 268 g/mol. The second-order valence-corrected chi connectivity index (χ2v) is 6.14. The summed E-state index contributed by atoms with van der Waals surface area (Å²) in [6, 6.07) is 7.79. The van der Waals surface area contributed by atoms with Crippen LogP contribution in [0.15, 0.2) is 18.2 Å². The van der Waals surface area contributed by atoms with Crippen LogP contribution in [0, 0.1) is 11.3 Å². The molecule has 1 heterocycles. The standard InChI is InChI=1S/C12H13ClN2OS/c13-11-2-1-3-12(10(11)8-14)15-9-4-6-17(16)7-5-9/h1-3,9,15H,4-7H2. The summed E-state index contributed by atoms with van der Waals surface area (Å²) in [6.45, 7) is 0. The Labute approximate surface area is 108 Å². The fourth-order valence-electron chi connectivity index (χ4n) is 1.92. The Balaban J connectivity index is 2.11. The molecule has 0 amide bonds. The summed E-state index contributed by atoms with van der Waals surface area (Å²) in [6.07, 6.45) is 1.76. The molecule has 0 radical (unpaired) electrons. The molecule has 0 unspecified atom stereocenters. The molecule has 90 valence electrons. The van der Waals surface area contributed by atoms with Crippen molar-refractivity contribution in [3.8, 4) is 6.07 Å². The summed E-state index contributed by atoms with van der Waals surface area (Å²) in [5, 5.41) is 12.8. The van der Waals surface area contributed by atoms with E-state index in [1.165, 1.54) is 0 Å². The van der Waals surface area contributed by atoms with Crippen molar-refractivity contribution in [3.05, 3.63) is 28.8 Å². The molecule has 1 fully saturated rings. The van der Waals surface area contributed by atoms with Crippen LogP contribution in [0.4, 0.5) is 5.69 Å². The molecule has 1 aliphatic rings. The Hall–Kier alpha value is -1.05. The van der Waals surface area contributed by atoms with E-state index in [0.717, 1.165) is 30.0 Å². The smallest absolute Gasteiger partial charge is 0.103 e. The van der Waals surface area contributed by atoms with Gasteiger partial charge in [0, 0.05) is 28.3 Å². The number of nitriles is 1. The lowest BCUT2D eigenvalue weighted by atomic mass is 10.1. The molecule has 0 saturated carbocycles. The molecule has 1 saturated heterocycles. The number of anilines is 1. The number of nitrogens with one attached hydrogen (secondary N) is 1. The Morgan fingerprint density at radius 2 is 2.12 bits per heavy atom. The van der Waals surface area contributed by atoms with E-state index in [2.05, 4.69) is 11.4 Å². The normalized spacial score (nSPS) is 24.0. The van der Waals surface area contributed by atoms with Gasteiger partial charge in [-0.3, -0.25) is 4.21 Å². The molecule has 0 aliphatic carbocycles. The third kappa shape index (κ3) is 2.99. The molecule has 0 bridgehead atoms. The third-order valence-electron chi connectivity index (χ3n) is 2.87. The summed E-state index contributed by atoms with van der Waals surface area (Å²) in [5.74, 6) is 1.47. The van der Waals surface area contributed by atoms with E-state index >= 15 is 0 Å². The first kappa shape index (κ1) is 12.4. The highest BCUT2D eigenvalue weighted by Gasteiger charge is 2.18. The average molecular weight is 269 g/mol. The van der Waals surface area contributed by atoms with Crippen molar-refractivity contribution in [2.24, 2.45) is 0 Å². The second-order valence-electron chi connectivity index (χ2n) is 4.04. The molecule has 1 aliphatic heterocycles. The van der Waals surface area contributed by atoms with E-state index in [1.54, 1.807) is 6.07 Å². The fourth-order valence-corrected chi connectivity index (χ4v) is 3.43. The van der Waals surface area contributed by atoms with Crippen LogP contribution in [0.25, 0.3) is 0 Å². The van der Waals surface area contributed by atoms with Crippen LogP contribution in [-0.2, 0) is 10.8 Å². The van der Waals surface area contributed by atoms with Gasteiger partial charge in [0.05, 0.1) is 16.3 Å². The Morgan fingerprint density at radius 3 is 2.76 bits per heavy atom. The van der Waals surface area contributed by atoms with Crippen molar-refractivity contribution in [1.82, 2.24) is 0 Å². The van der Waals surface area contributed by atoms with Gasteiger partial charge < -0.3 is 5.32 Å². The molecule has 1 aromatic rings. The molecule has 17 heavy (non-hydrogen) atoms. The van der Waals surface area contributed by atoms with Gasteiger partial charge in [-0.05, 0) is 25.0 Å². The Morgan fingerprint density at radius 1 is 1.41 bits per heavy atom. The van der Waals surface area contributed by atoms with Crippen LogP contribution in [0.1, 0.15) is 18.4 Å². The van der Waals surface area contributed by atoms with E-state index in [-0.39, 0.29) is 0 Å².